The summed E-state index contributed by atoms with van der Waals surface area (Å²) in [7, 11) is 0. The van der Waals surface area contributed by atoms with Gasteiger partial charge in [-0.1, -0.05) is 12.1 Å². The van der Waals surface area contributed by atoms with E-state index in [1.54, 1.807) is 0 Å². The van der Waals surface area contributed by atoms with E-state index in [2.05, 4.69) is 39.9 Å². The second-order valence-electron chi connectivity index (χ2n) is 4.54. The fraction of sp³-hybridized carbons (Fsp3) is 0.188. The molecule has 0 saturated heterocycles. The Kier molecular flexibility index (Phi) is 4.65. The highest BCUT2D eigenvalue weighted by Gasteiger charge is 2.10. The summed E-state index contributed by atoms with van der Waals surface area (Å²) in [6.07, 6.45) is 0. The second-order valence-corrected chi connectivity index (χ2v) is 5.39. The van der Waals surface area contributed by atoms with Crippen molar-refractivity contribution in [2.24, 2.45) is 0 Å². The van der Waals surface area contributed by atoms with E-state index in [4.69, 9.17) is 11.0 Å². The van der Waals surface area contributed by atoms with E-state index in [-0.39, 0.29) is 0 Å². The molecule has 0 aliphatic heterocycles. The van der Waals surface area contributed by atoms with Crippen molar-refractivity contribution >= 4 is 27.3 Å². The Morgan fingerprint density at radius 3 is 2.65 bits per heavy atom. The molecule has 2 aromatic carbocycles. The Morgan fingerprint density at radius 1 is 1.25 bits per heavy atom. The average Bonchev–Trinajstić information content (AvgIpc) is 2.45. The SMILES string of the molecule is CCN(Cc1cccc(N)c1)c1ccc(C#N)cc1Br. The number of benzene rings is 2. The standard InChI is InChI=1S/C16H16BrN3/c1-2-20(11-13-4-3-5-14(19)8-13)16-7-6-12(10-18)9-15(16)17/h3-9H,2,11,19H2,1H3. The van der Waals surface area contributed by atoms with Crippen LogP contribution in [0.2, 0.25) is 0 Å². The van der Waals surface area contributed by atoms with Gasteiger partial charge in [0.25, 0.3) is 0 Å². The highest BCUT2D eigenvalue weighted by molar-refractivity contribution is 9.10. The maximum absolute atomic E-state index is 8.92. The van der Waals surface area contributed by atoms with Gasteiger partial charge in [-0.2, -0.15) is 5.26 Å². The second kappa shape index (κ2) is 6.44. The third-order valence-electron chi connectivity index (χ3n) is 3.12. The summed E-state index contributed by atoms with van der Waals surface area (Å²) in [4.78, 5) is 2.24. The van der Waals surface area contributed by atoms with Crippen LogP contribution in [0, 0.1) is 11.3 Å². The molecule has 0 amide bonds. The van der Waals surface area contributed by atoms with Gasteiger partial charge in [-0.05, 0) is 58.7 Å². The van der Waals surface area contributed by atoms with Crippen LogP contribution < -0.4 is 10.6 Å². The maximum Gasteiger partial charge on any atom is 0.0992 e. The molecule has 0 aromatic heterocycles. The van der Waals surface area contributed by atoms with E-state index in [1.807, 2.05) is 36.4 Å². The predicted molar refractivity (Wildman–Crippen MR) is 86.4 cm³/mol. The van der Waals surface area contributed by atoms with Crippen molar-refractivity contribution in [2.45, 2.75) is 13.5 Å². The van der Waals surface area contributed by atoms with Crippen LogP contribution in [0.15, 0.2) is 46.9 Å². The first-order valence-electron chi connectivity index (χ1n) is 6.43. The number of nitriles is 1. The lowest BCUT2D eigenvalue weighted by atomic mass is 10.1. The zero-order valence-electron chi connectivity index (χ0n) is 11.3. The van der Waals surface area contributed by atoms with Gasteiger partial charge in [-0.15, -0.1) is 0 Å². The number of anilines is 2. The molecule has 3 nitrogen and oxygen atoms in total. The van der Waals surface area contributed by atoms with Gasteiger partial charge in [0.2, 0.25) is 0 Å². The number of hydrogen-bond acceptors (Lipinski definition) is 3. The fourth-order valence-corrected chi connectivity index (χ4v) is 2.74. The first kappa shape index (κ1) is 14.4. The van der Waals surface area contributed by atoms with Crippen LogP contribution in [0.25, 0.3) is 0 Å². The molecule has 102 valence electrons. The van der Waals surface area contributed by atoms with Gasteiger partial charge in [0, 0.05) is 23.2 Å². The smallest absolute Gasteiger partial charge is 0.0992 e. The predicted octanol–water partition coefficient (Wildman–Crippen LogP) is 3.93. The fourth-order valence-electron chi connectivity index (χ4n) is 2.11. The van der Waals surface area contributed by atoms with Crippen LogP contribution in [0.1, 0.15) is 18.1 Å². The molecule has 2 aromatic rings. The summed E-state index contributed by atoms with van der Waals surface area (Å²) < 4.78 is 0.933. The Hall–Kier alpha value is -1.99. The monoisotopic (exact) mass is 329 g/mol. The van der Waals surface area contributed by atoms with Gasteiger partial charge in [0.15, 0.2) is 0 Å². The first-order valence-corrected chi connectivity index (χ1v) is 7.22. The minimum absolute atomic E-state index is 0.653. The summed E-state index contributed by atoms with van der Waals surface area (Å²) in [5.41, 5.74) is 9.49. The number of nitrogen functional groups attached to an aromatic ring is 1. The lowest BCUT2D eigenvalue weighted by molar-refractivity contribution is 0.830. The lowest BCUT2D eigenvalue weighted by Crippen LogP contribution is -2.22. The molecule has 0 saturated carbocycles. The molecule has 0 spiro atoms. The molecule has 0 radical (unpaired) electrons. The molecular formula is C16H16BrN3. The van der Waals surface area contributed by atoms with Crippen molar-refractivity contribution < 1.29 is 0 Å². The van der Waals surface area contributed by atoms with Crippen molar-refractivity contribution in [1.82, 2.24) is 0 Å². The Balaban J connectivity index is 2.27. The van der Waals surface area contributed by atoms with E-state index in [0.717, 1.165) is 28.9 Å². The van der Waals surface area contributed by atoms with Crippen molar-refractivity contribution in [1.29, 1.82) is 5.26 Å². The van der Waals surface area contributed by atoms with E-state index in [1.165, 1.54) is 5.56 Å². The van der Waals surface area contributed by atoms with Gasteiger partial charge >= 0.3 is 0 Å². The van der Waals surface area contributed by atoms with E-state index in [9.17, 15) is 0 Å². The van der Waals surface area contributed by atoms with Crippen LogP contribution in [0.4, 0.5) is 11.4 Å². The minimum atomic E-state index is 0.653. The van der Waals surface area contributed by atoms with Crippen LogP contribution in [0.3, 0.4) is 0 Å². The van der Waals surface area contributed by atoms with E-state index < -0.39 is 0 Å². The Labute approximate surface area is 127 Å². The lowest BCUT2D eigenvalue weighted by Gasteiger charge is -2.24. The minimum Gasteiger partial charge on any atom is -0.399 e. The number of nitrogens with two attached hydrogens (primary N) is 1. The molecule has 0 unspecified atom stereocenters. The molecule has 0 heterocycles. The number of halogens is 1. The molecule has 0 aliphatic rings. The number of rotatable bonds is 4. The highest BCUT2D eigenvalue weighted by Crippen LogP contribution is 2.28. The summed E-state index contributed by atoms with van der Waals surface area (Å²) in [5, 5.41) is 8.92. The van der Waals surface area contributed by atoms with E-state index in [0.29, 0.717) is 5.56 Å². The number of hydrogen-bond donors (Lipinski definition) is 1. The van der Waals surface area contributed by atoms with Crippen molar-refractivity contribution in [3.63, 3.8) is 0 Å². The summed E-state index contributed by atoms with van der Waals surface area (Å²) in [6.45, 7) is 3.77. The quantitative estimate of drug-likeness (QED) is 0.864. The van der Waals surface area contributed by atoms with Crippen molar-refractivity contribution in [2.75, 3.05) is 17.2 Å². The van der Waals surface area contributed by atoms with Crippen LogP contribution in [0.5, 0.6) is 0 Å². The normalized spacial score (nSPS) is 10.1. The summed E-state index contributed by atoms with van der Waals surface area (Å²) >= 11 is 3.54. The molecule has 20 heavy (non-hydrogen) atoms. The van der Waals surface area contributed by atoms with Crippen LogP contribution >= 0.6 is 15.9 Å². The zero-order valence-corrected chi connectivity index (χ0v) is 12.9. The van der Waals surface area contributed by atoms with Crippen molar-refractivity contribution in [3.8, 4) is 6.07 Å². The topological polar surface area (TPSA) is 53.0 Å². The molecular weight excluding hydrogens is 314 g/mol. The van der Waals surface area contributed by atoms with Gasteiger partial charge in [0.05, 0.1) is 17.3 Å². The maximum atomic E-state index is 8.92. The largest absolute Gasteiger partial charge is 0.399 e. The van der Waals surface area contributed by atoms with Gasteiger partial charge in [0.1, 0.15) is 0 Å². The third-order valence-corrected chi connectivity index (χ3v) is 3.76. The molecule has 0 bridgehead atoms. The Morgan fingerprint density at radius 2 is 2.05 bits per heavy atom. The van der Waals surface area contributed by atoms with E-state index >= 15 is 0 Å². The molecule has 0 aliphatic carbocycles. The van der Waals surface area contributed by atoms with Crippen LogP contribution in [-0.4, -0.2) is 6.54 Å². The molecule has 2 N–H and O–H groups in total. The van der Waals surface area contributed by atoms with Crippen molar-refractivity contribution in [3.05, 3.63) is 58.1 Å². The van der Waals surface area contributed by atoms with Crippen LogP contribution in [-0.2, 0) is 6.54 Å². The first-order chi connectivity index (χ1) is 9.63. The number of nitrogens with zero attached hydrogens (tertiary/aromatic N) is 2. The molecule has 0 atom stereocenters. The third kappa shape index (κ3) is 3.31. The summed E-state index contributed by atoms with van der Waals surface area (Å²) in [5.74, 6) is 0. The molecule has 4 heteroatoms. The highest BCUT2D eigenvalue weighted by atomic mass is 79.9. The average molecular weight is 330 g/mol. The van der Waals surface area contributed by atoms with Gasteiger partial charge in [-0.25, -0.2) is 0 Å². The summed E-state index contributed by atoms with van der Waals surface area (Å²) in [6, 6.07) is 15.7. The Bertz CT molecular complexity index is 646. The van der Waals surface area contributed by atoms with Gasteiger partial charge < -0.3 is 10.6 Å². The van der Waals surface area contributed by atoms with Gasteiger partial charge in [-0.3, -0.25) is 0 Å². The zero-order chi connectivity index (χ0) is 14.5. The molecule has 0 fully saturated rings. The molecule has 2 rings (SSSR count).